The Morgan fingerprint density at radius 3 is 1.01 bits per heavy atom. The molecule has 99 heavy (non-hydrogen) atoms. The Labute approximate surface area is 599 Å². The zero-order valence-corrected chi connectivity index (χ0v) is 65.1. The number of benzene rings is 7. The van der Waals surface area contributed by atoms with Crippen LogP contribution in [0.4, 0.5) is 0 Å². The number of rotatable bonds is 31. The van der Waals surface area contributed by atoms with E-state index in [-0.39, 0.29) is 28.1 Å². The first-order valence-corrected chi connectivity index (χ1v) is 36.1. The van der Waals surface area contributed by atoms with Gasteiger partial charge in [-0.1, -0.05) is 175 Å². The number of hydrogen-bond acceptors (Lipinski definition) is 6. The van der Waals surface area contributed by atoms with Gasteiger partial charge < -0.3 is 28.4 Å². The predicted molar refractivity (Wildman–Crippen MR) is 421 cm³/mol. The maximum Gasteiger partial charge on any atom is 0.123 e. The van der Waals surface area contributed by atoms with Crippen LogP contribution in [0.3, 0.4) is 0 Å². The van der Waals surface area contributed by atoms with Gasteiger partial charge in [-0.2, -0.15) is 0 Å². The summed E-state index contributed by atoms with van der Waals surface area (Å²) in [6, 6.07) is 49.1. The Balaban J connectivity index is 1.04. The topological polar surface area (TPSA) is 55.4 Å². The van der Waals surface area contributed by atoms with Gasteiger partial charge in [0, 0.05) is 16.7 Å². The highest BCUT2D eigenvalue weighted by molar-refractivity contribution is 5.56. The van der Waals surface area contributed by atoms with E-state index >= 15 is 0 Å². The van der Waals surface area contributed by atoms with Crippen molar-refractivity contribution in [3.63, 3.8) is 0 Å². The standard InChI is InChI=1S/C93H120O6/c1-62(2)43-49-94-78-37-31-74(32-38-78)92(22,23)73-27-29-75(30-28-73)93(24,76-33-39-79(40-34-76)95-50-44-63(3)4)77-35-41-80(42-36-77)96-53-47-66(9)25-26-67(10)48-54-99-88-58-69(12)81(60-85(88)90(16,17)18)68(11)55-84(82-56-72(15)87(57-70(82)13)97-51-45-64(5)6)83-61-86(91(19,20)21)89(59-71(83)14)98-52-46-65(7)8/h27-48,56-61,68,84H,25-26,49-55H2,1-24H3/b66-47+,67-48-. The maximum absolute atomic E-state index is 6.78. The van der Waals surface area contributed by atoms with Crippen molar-refractivity contribution < 1.29 is 28.4 Å². The van der Waals surface area contributed by atoms with Gasteiger partial charge in [0.1, 0.15) is 74.1 Å². The van der Waals surface area contributed by atoms with Gasteiger partial charge >= 0.3 is 0 Å². The Morgan fingerprint density at radius 2 is 0.626 bits per heavy atom. The van der Waals surface area contributed by atoms with E-state index in [4.69, 9.17) is 28.4 Å². The van der Waals surface area contributed by atoms with Crippen molar-refractivity contribution in [1.82, 2.24) is 0 Å². The number of aryl methyl sites for hydroxylation is 4. The minimum absolute atomic E-state index is 0.117. The van der Waals surface area contributed by atoms with Crippen molar-refractivity contribution in [2.45, 2.75) is 219 Å². The molecule has 0 aliphatic heterocycles. The second-order valence-electron chi connectivity index (χ2n) is 31.6. The highest BCUT2D eigenvalue weighted by Crippen LogP contribution is 2.47. The maximum atomic E-state index is 6.78. The third-order valence-electron chi connectivity index (χ3n) is 19.6. The summed E-state index contributed by atoms with van der Waals surface area (Å²) in [5, 5.41) is 0. The minimum atomic E-state index is -0.470. The number of hydrogen-bond donors (Lipinski definition) is 0. The molecule has 7 rings (SSSR count). The Morgan fingerprint density at radius 1 is 0.333 bits per heavy atom. The highest BCUT2D eigenvalue weighted by Gasteiger charge is 2.34. The summed E-state index contributed by atoms with van der Waals surface area (Å²) in [4.78, 5) is 0. The molecule has 0 N–H and O–H groups in total. The van der Waals surface area contributed by atoms with Crippen molar-refractivity contribution in [2.75, 3.05) is 39.6 Å². The van der Waals surface area contributed by atoms with Gasteiger partial charge in [0.05, 0.1) is 0 Å². The summed E-state index contributed by atoms with van der Waals surface area (Å²) in [5.41, 5.74) is 24.0. The Kier molecular flexibility index (Phi) is 27.4. The molecule has 6 nitrogen and oxygen atoms in total. The van der Waals surface area contributed by atoms with Gasteiger partial charge in [-0.05, 0) is 309 Å². The van der Waals surface area contributed by atoms with Crippen LogP contribution in [0.2, 0.25) is 0 Å². The fourth-order valence-electron chi connectivity index (χ4n) is 12.9. The summed E-state index contributed by atoms with van der Waals surface area (Å²) >= 11 is 0. The van der Waals surface area contributed by atoms with E-state index in [0.717, 1.165) is 59.3 Å². The van der Waals surface area contributed by atoms with Crippen LogP contribution < -0.4 is 28.4 Å². The molecular formula is C93H120O6. The van der Waals surface area contributed by atoms with Gasteiger partial charge in [0.25, 0.3) is 0 Å². The lowest BCUT2D eigenvalue weighted by Crippen LogP contribution is -2.26. The van der Waals surface area contributed by atoms with E-state index in [9.17, 15) is 0 Å². The van der Waals surface area contributed by atoms with E-state index in [0.29, 0.717) is 39.6 Å². The molecule has 0 aromatic heterocycles. The second kappa shape index (κ2) is 34.7. The lowest BCUT2D eigenvalue weighted by molar-refractivity contribution is 0.349. The third-order valence-corrected chi connectivity index (χ3v) is 19.6. The highest BCUT2D eigenvalue weighted by atomic mass is 16.5. The molecule has 0 amide bonds. The summed E-state index contributed by atoms with van der Waals surface area (Å²) in [7, 11) is 0. The summed E-state index contributed by atoms with van der Waals surface area (Å²) < 4.78 is 38.2. The molecule has 0 aliphatic carbocycles. The van der Waals surface area contributed by atoms with Crippen LogP contribution in [-0.2, 0) is 21.7 Å². The van der Waals surface area contributed by atoms with Gasteiger partial charge in [-0.25, -0.2) is 0 Å². The molecule has 6 heteroatoms. The molecule has 3 atom stereocenters. The van der Waals surface area contributed by atoms with Gasteiger partial charge in [-0.3, -0.25) is 0 Å². The van der Waals surface area contributed by atoms with Crippen LogP contribution in [0.5, 0.6) is 34.5 Å². The van der Waals surface area contributed by atoms with Crippen molar-refractivity contribution in [2.24, 2.45) is 0 Å². The van der Waals surface area contributed by atoms with Gasteiger partial charge in [0.15, 0.2) is 0 Å². The molecule has 0 radical (unpaired) electrons. The van der Waals surface area contributed by atoms with Crippen molar-refractivity contribution in [1.29, 1.82) is 0 Å². The zero-order chi connectivity index (χ0) is 72.6. The van der Waals surface area contributed by atoms with Crippen LogP contribution in [0.15, 0.2) is 203 Å². The molecular weight excluding hydrogens is 1210 g/mol. The van der Waals surface area contributed by atoms with E-state index < -0.39 is 5.41 Å². The van der Waals surface area contributed by atoms with Crippen LogP contribution >= 0.6 is 0 Å². The van der Waals surface area contributed by atoms with E-state index in [1.54, 1.807) is 0 Å². The molecule has 0 fully saturated rings. The van der Waals surface area contributed by atoms with Gasteiger partial charge in [0.2, 0.25) is 0 Å². The van der Waals surface area contributed by atoms with Crippen molar-refractivity contribution in [3.8, 4) is 34.5 Å². The predicted octanol–water partition coefficient (Wildman–Crippen LogP) is 25.0. The SMILES string of the molecule is CC(C)=CCOc1ccc(C(C)(C)c2ccc(C(C)(c3ccc(OCC=C(C)C)cc3)c3ccc(OC/C=C(\C)CC/C(C)=C\COc4cc(C)c(C(C)CC(c5cc(C)c(OCC=C(C)C)cc5C)c5cc(C(C)(C)C)c(OCC=C(C)C)cc5C)cc4C(C)(C)C)cc3)cc2)cc1. The smallest absolute Gasteiger partial charge is 0.123 e. The zero-order valence-electron chi connectivity index (χ0n) is 65.1. The normalized spacial score (nSPS) is 13.3. The molecule has 0 spiro atoms. The fraction of sp³-hybridized carbons (Fsp3) is 0.419. The molecule has 3 unspecified atom stereocenters. The molecule has 7 aromatic carbocycles. The summed E-state index contributed by atoms with van der Waals surface area (Å²) in [6.45, 7) is 56.6. The monoisotopic (exact) mass is 1330 g/mol. The van der Waals surface area contributed by atoms with Crippen molar-refractivity contribution >= 4 is 0 Å². The fourth-order valence-corrected chi connectivity index (χ4v) is 12.9. The third kappa shape index (κ3) is 21.6. The second-order valence-corrected chi connectivity index (χ2v) is 31.6. The number of allylic oxidation sites excluding steroid dienone is 6. The molecule has 7 aromatic rings. The molecule has 528 valence electrons. The van der Waals surface area contributed by atoms with Crippen LogP contribution in [0, 0.1) is 27.7 Å². The lowest BCUT2D eigenvalue weighted by atomic mass is 9.70. The van der Waals surface area contributed by atoms with E-state index in [1.165, 1.54) is 106 Å². The first kappa shape index (κ1) is 78.1. The van der Waals surface area contributed by atoms with Crippen LogP contribution in [0.1, 0.15) is 247 Å². The quantitative estimate of drug-likeness (QED) is 0.0319. The Hall–Kier alpha value is -8.22. The summed E-state index contributed by atoms with van der Waals surface area (Å²) in [5.74, 6) is 5.76. The minimum Gasteiger partial charge on any atom is -0.490 e. The van der Waals surface area contributed by atoms with Crippen molar-refractivity contribution in [3.05, 3.63) is 281 Å². The van der Waals surface area contributed by atoms with E-state index in [2.05, 4.69) is 336 Å². The summed E-state index contributed by atoms with van der Waals surface area (Å²) in [6.07, 6.45) is 15.8. The molecule has 0 bridgehead atoms. The molecule has 0 aliphatic rings. The molecule has 0 heterocycles. The molecule has 0 saturated heterocycles. The van der Waals surface area contributed by atoms with E-state index in [1.807, 2.05) is 0 Å². The van der Waals surface area contributed by atoms with Crippen LogP contribution in [0.25, 0.3) is 0 Å². The van der Waals surface area contributed by atoms with Gasteiger partial charge in [-0.15, -0.1) is 0 Å². The largest absolute Gasteiger partial charge is 0.490 e. The Bertz CT molecular complexity index is 4000. The first-order chi connectivity index (χ1) is 46.6. The van der Waals surface area contributed by atoms with Crippen LogP contribution in [-0.4, -0.2) is 39.6 Å². The molecule has 0 saturated carbocycles. The average Bonchev–Trinajstić information content (AvgIpc) is 0.771. The average molecular weight is 1330 g/mol. The lowest BCUT2D eigenvalue weighted by Gasteiger charge is -2.33. The first-order valence-electron chi connectivity index (χ1n) is 36.1. The number of ether oxygens (including phenoxy) is 6.